The summed E-state index contributed by atoms with van der Waals surface area (Å²) < 4.78 is 1.55. The molecule has 0 spiro atoms. The Morgan fingerprint density at radius 2 is 1.69 bits per heavy atom. The van der Waals surface area contributed by atoms with Crippen LogP contribution in [0.2, 0.25) is 10.0 Å². The van der Waals surface area contributed by atoms with Gasteiger partial charge in [-0.3, -0.25) is 19.4 Å². The summed E-state index contributed by atoms with van der Waals surface area (Å²) in [4.78, 5) is 27.9. The van der Waals surface area contributed by atoms with Crippen molar-refractivity contribution in [3.63, 3.8) is 0 Å². The second-order valence-electron chi connectivity index (χ2n) is 7.95. The molecule has 1 atom stereocenters. The van der Waals surface area contributed by atoms with Gasteiger partial charge < -0.3 is 14.8 Å². The molecule has 2 N–H and O–H groups in total. The van der Waals surface area contributed by atoms with Crippen LogP contribution in [-0.4, -0.2) is 62.7 Å². The highest BCUT2D eigenvalue weighted by atomic mass is 35.5. The summed E-state index contributed by atoms with van der Waals surface area (Å²) in [6, 6.07) is 12.0. The fraction of sp³-hybridized carbons (Fsp3) is 0.304. The summed E-state index contributed by atoms with van der Waals surface area (Å²) in [5.41, 5.74) is 2.31. The molecule has 1 fully saturated rings. The number of carbonyl (C=O) groups is 2. The van der Waals surface area contributed by atoms with Crippen LogP contribution in [0.5, 0.6) is 0 Å². The highest BCUT2D eigenvalue weighted by molar-refractivity contribution is 6.31. The number of carboxylic acid groups (broad SMARTS) is 2. The molecule has 7 nitrogen and oxygen atoms in total. The number of carboxylic acids is 2. The van der Waals surface area contributed by atoms with Crippen molar-refractivity contribution in [2.24, 2.45) is 0 Å². The van der Waals surface area contributed by atoms with Crippen molar-refractivity contribution < 1.29 is 19.8 Å². The Morgan fingerprint density at radius 3 is 2.34 bits per heavy atom. The Labute approximate surface area is 195 Å². The first-order valence-electron chi connectivity index (χ1n) is 10.3. The van der Waals surface area contributed by atoms with Gasteiger partial charge >= 0.3 is 11.9 Å². The number of fused-ring (bicyclic) bond motifs is 1. The maximum Gasteiger partial charge on any atom is 0.325 e. The Kier molecular flexibility index (Phi) is 6.71. The van der Waals surface area contributed by atoms with E-state index in [0.29, 0.717) is 39.6 Å². The largest absolute Gasteiger partial charge is 0.480 e. The van der Waals surface area contributed by atoms with Gasteiger partial charge in [0, 0.05) is 59.9 Å². The van der Waals surface area contributed by atoms with E-state index in [4.69, 9.17) is 23.2 Å². The second-order valence-corrected chi connectivity index (χ2v) is 8.82. The molecule has 168 valence electrons. The van der Waals surface area contributed by atoms with E-state index in [1.54, 1.807) is 29.0 Å². The van der Waals surface area contributed by atoms with Gasteiger partial charge in [0.15, 0.2) is 0 Å². The molecule has 2 aromatic carbocycles. The third-order valence-corrected chi connectivity index (χ3v) is 6.25. The van der Waals surface area contributed by atoms with E-state index < -0.39 is 18.0 Å². The Hall–Kier alpha value is -2.58. The number of aliphatic carboxylic acids is 2. The summed E-state index contributed by atoms with van der Waals surface area (Å²) in [7, 11) is 0. The van der Waals surface area contributed by atoms with E-state index in [1.807, 2.05) is 29.2 Å². The molecule has 32 heavy (non-hydrogen) atoms. The van der Waals surface area contributed by atoms with Gasteiger partial charge in [0.05, 0.1) is 5.52 Å². The van der Waals surface area contributed by atoms with Crippen molar-refractivity contribution >= 4 is 46.0 Å². The van der Waals surface area contributed by atoms with Gasteiger partial charge in [0.2, 0.25) is 0 Å². The van der Waals surface area contributed by atoms with E-state index in [2.05, 4.69) is 4.90 Å². The van der Waals surface area contributed by atoms with Crippen LogP contribution in [0.1, 0.15) is 17.2 Å². The molecule has 0 bridgehead atoms. The molecular weight excluding hydrogens is 453 g/mol. The number of piperazine rings is 1. The fourth-order valence-electron chi connectivity index (χ4n) is 4.35. The van der Waals surface area contributed by atoms with Crippen molar-refractivity contribution in [1.29, 1.82) is 0 Å². The monoisotopic (exact) mass is 475 g/mol. The molecule has 0 amide bonds. The number of benzene rings is 2. The molecule has 2 heterocycles. The summed E-state index contributed by atoms with van der Waals surface area (Å²) in [5.74, 6) is -1.97. The molecule has 9 heteroatoms. The zero-order chi connectivity index (χ0) is 22.8. The van der Waals surface area contributed by atoms with Crippen LogP contribution in [0, 0.1) is 0 Å². The van der Waals surface area contributed by atoms with Crippen molar-refractivity contribution in [1.82, 2.24) is 14.4 Å². The first kappa shape index (κ1) is 22.6. The van der Waals surface area contributed by atoms with E-state index >= 15 is 0 Å². The average Bonchev–Trinajstić information content (AvgIpc) is 3.06. The zero-order valence-corrected chi connectivity index (χ0v) is 18.8. The van der Waals surface area contributed by atoms with Gasteiger partial charge in [0.1, 0.15) is 12.6 Å². The van der Waals surface area contributed by atoms with E-state index in [1.165, 1.54) is 0 Å². The van der Waals surface area contributed by atoms with Gasteiger partial charge in [0.25, 0.3) is 0 Å². The van der Waals surface area contributed by atoms with Gasteiger partial charge in [-0.25, -0.2) is 0 Å². The average molecular weight is 476 g/mol. The Balaban J connectivity index is 1.56. The topological polar surface area (TPSA) is 86.0 Å². The quantitative estimate of drug-likeness (QED) is 0.537. The van der Waals surface area contributed by atoms with Crippen LogP contribution in [0.4, 0.5) is 0 Å². The minimum absolute atomic E-state index is 0.267. The predicted molar refractivity (Wildman–Crippen MR) is 123 cm³/mol. The number of nitrogens with zero attached hydrogens (tertiary/aromatic N) is 3. The molecular formula is C23H23Cl2N3O4. The zero-order valence-electron chi connectivity index (χ0n) is 17.2. The summed E-state index contributed by atoms with van der Waals surface area (Å²) in [5, 5.41) is 21.2. The lowest BCUT2D eigenvalue weighted by atomic mass is 10.0. The highest BCUT2D eigenvalue weighted by Gasteiger charge is 2.33. The lowest BCUT2D eigenvalue weighted by Crippen LogP contribution is -2.48. The molecule has 0 radical (unpaired) electrons. The van der Waals surface area contributed by atoms with Crippen LogP contribution in [0.3, 0.4) is 0 Å². The SMILES string of the molecule is O=C(O)Cn1cc([C@H](C(=O)O)N2CCN(Cc3cccc(Cl)c3)CC2)c2ccc(Cl)cc21. The summed E-state index contributed by atoms with van der Waals surface area (Å²) in [6.45, 7) is 3.08. The Bertz CT molecular complexity index is 1160. The highest BCUT2D eigenvalue weighted by Crippen LogP contribution is 2.33. The van der Waals surface area contributed by atoms with Crippen molar-refractivity contribution in [3.8, 4) is 0 Å². The first-order chi connectivity index (χ1) is 15.3. The van der Waals surface area contributed by atoms with Gasteiger partial charge in [-0.1, -0.05) is 41.4 Å². The number of rotatable bonds is 7. The van der Waals surface area contributed by atoms with Gasteiger partial charge in [-0.05, 0) is 29.8 Å². The smallest absolute Gasteiger partial charge is 0.325 e. The Morgan fingerprint density at radius 1 is 0.969 bits per heavy atom. The third kappa shape index (κ3) is 4.91. The second kappa shape index (κ2) is 9.50. The minimum Gasteiger partial charge on any atom is -0.480 e. The minimum atomic E-state index is -1.00. The molecule has 1 aromatic heterocycles. The van der Waals surface area contributed by atoms with E-state index in [9.17, 15) is 19.8 Å². The van der Waals surface area contributed by atoms with Crippen molar-refractivity contribution in [3.05, 3.63) is 69.8 Å². The molecule has 0 saturated carbocycles. The molecule has 0 unspecified atom stereocenters. The maximum atomic E-state index is 12.3. The van der Waals surface area contributed by atoms with E-state index in [-0.39, 0.29) is 6.54 Å². The van der Waals surface area contributed by atoms with Crippen LogP contribution >= 0.6 is 23.2 Å². The molecule has 0 aliphatic carbocycles. The van der Waals surface area contributed by atoms with Gasteiger partial charge in [-0.15, -0.1) is 0 Å². The summed E-state index contributed by atoms with van der Waals surface area (Å²) >= 11 is 12.2. The van der Waals surface area contributed by atoms with Gasteiger partial charge in [-0.2, -0.15) is 0 Å². The third-order valence-electron chi connectivity index (χ3n) is 5.78. The van der Waals surface area contributed by atoms with Crippen molar-refractivity contribution in [2.45, 2.75) is 19.1 Å². The number of hydrogen-bond acceptors (Lipinski definition) is 4. The molecule has 3 aromatic rings. The molecule has 4 rings (SSSR count). The molecule has 1 saturated heterocycles. The van der Waals surface area contributed by atoms with Crippen LogP contribution in [0.15, 0.2) is 48.7 Å². The number of hydrogen-bond donors (Lipinski definition) is 2. The number of halogens is 2. The normalized spacial score (nSPS) is 16.3. The molecule has 1 aliphatic rings. The lowest BCUT2D eigenvalue weighted by Gasteiger charge is -2.37. The first-order valence-corrected chi connectivity index (χ1v) is 11.0. The standard InChI is InChI=1S/C23H23Cl2N3O4/c24-16-3-1-2-15(10-16)12-26-6-8-27(9-7-26)22(23(31)32)19-13-28(14-21(29)30)20-11-17(25)4-5-18(19)20/h1-5,10-11,13,22H,6-9,12,14H2,(H,29,30)(H,31,32)/t22-/m1/s1. The fourth-order valence-corrected chi connectivity index (χ4v) is 4.73. The van der Waals surface area contributed by atoms with Crippen molar-refractivity contribution in [2.75, 3.05) is 26.2 Å². The summed E-state index contributed by atoms with van der Waals surface area (Å²) in [6.07, 6.45) is 1.63. The maximum absolute atomic E-state index is 12.3. The molecule has 1 aliphatic heterocycles. The predicted octanol–water partition coefficient (Wildman–Crippen LogP) is 3.98. The van der Waals surface area contributed by atoms with Crippen LogP contribution < -0.4 is 0 Å². The van der Waals surface area contributed by atoms with Crippen LogP contribution in [0.25, 0.3) is 10.9 Å². The van der Waals surface area contributed by atoms with Crippen LogP contribution in [-0.2, 0) is 22.7 Å². The number of aromatic nitrogens is 1. The lowest BCUT2D eigenvalue weighted by molar-refractivity contribution is -0.144. The van der Waals surface area contributed by atoms with E-state index in [0.717, 1.165) is 25.2 Å².